The number of hydrogen-bond acceptors (Lipinski definition) is 4. The highest BCUT2D eigenvalue weighted by atomic mass is 16.5. The van der Waals surface area contributed by atoms with E-state index in [1.54, 1.807) is 6.20 Å². The van der Waals surface area contributed by atoms with Gasteiger partial charge in [0.05, 0.1) is 11.8 Å². The van der Waals surface area contributed by atoms with Gasteiger partial charge in [0, 0.05) is 44.8 Å². The molecule has 0 saturated carbocycles. The van der Waals surface area contributed by atoms with Crippen molar-refractivity contribution in [1.82, 2.24) is 14.9 Å². The largest absolute Gasteiger partial charge is 0.377 e. The molecule has 4 nitrogen and oxygen atoms in total. The first-order valence-electron chi connectivity index (χ1n) is 9.60. The summed E-state index contributed by atoms with van der Waals surface area (Å²) in [7, 11) is 0. The Labute approximate surface area is 160 Å². The van der Waals surface area contributed by atoms with E-state index < -0.39 is 0 Å². The van der Waals surface area contributed by atoms with E-state index in [4.69, 9.17) is 4.74 Å². The van der Waals surface area contributed by atoms with Gasteiger partial charge in [0.1, 0.15) is 0 Å². The molecular formula is C23H25N3O. The van der Waals surface area contributed by atoms with Gasteiger partial charge in [-0.15, -0.1) is 0 Å². The van der Waals surface area contributed by atoms with Crippen molar-refractivity contribution in [3.05, 3.63) is 84.4 Å². The van der Waals surface area contributed by atoms with Gasteiger partial charge in [0.25, 0.3) is 0 Å². The number of hydrogen-bond donors (Lipinski definition) is 0. The topological polar surface area (TPSA) is 38.2 Å². The molecule has 1 aromatic carbocycles. The fraction of sp³-hybridized carbons (Fsp3) is 0.304. The molecule has 138 valence electrons. The second-order valence-corrected chi connectivity index (χ2v) is 7.06. The summed E-state index contributed by atoms with van der Waals surface area (Å²) in [4.78, 5) is 11.1. The van der Waals surface area contributed by atoms with Gasteiger partial charge in [-0.05, 0) is 47.7 Å². The third-order valence-corrected chi connectivity index (χ3v) is 4.95. The van der Waals surface area contributed by atoms with E-state index in [0.29, 0.717) is 6.10 Å². The molecule has 1 atom stereocenters. The molecule has 0 amide bonds. The first kappa shape index (κ1) is 17.8. The lowest BCUT2D eigenvalue weighted by atomic mass is 10.1. The van der Waals surface area contributed by atoms with Crippen molar-refractivity contribution in [2.75, 3.05) is 13.2 Å². The van der Waals surface area contributed by atoms with E-state index in [1.165, 1.54) is 17.5 Å². The minimum Gasteiger partial charge on any atom is -0.377 e. The van der Waals surface area contributed by atoms with Crippen LogP contribution in [0.4, 0.5) is 0 Å². The summed E-state index contributed by atoms with van der Waals surface area (Å²) in [6, 6.07) is 18.9. The summed E-state index contributed by atoms with van der Waals surface area (Å²) < 4.78 is 5.87. The Morgan fingerprint density at radius 3 is 2.56 bits per heavy atom. The van der Waals surface area contributed by atoms with Crippen LogP contribution in [0, 0.1) is 0 Å². The summed E-state index contributed by atoms with van der Waals surface area (Å²) in [6.45, 7) is 3.57. The highest BCUT2D eigenvalue weighted by Crippen LogP contribution is 2.20. The van der Waals surface area contributed by atoms with Crippen LogP contribution >= 0.6 is 0 Å². The molecule has 27 heavy (non-hydrogen) atoms. The Hall–Kier alpha value is -2.56. The van der Waals surface area contributed by atoms with Crippen molar-refractivity contribution in [2.24, 2.45) is 0 Å². The number of aromatic nitrogens is 2. The van der Waals surface area contributed by atoms with Crippen molar-refractivity contribution in [3.63, 3.8) is 0 Å². The molecule has 1 saturated heterocycles. The average Bonchev–Trinajstić information content (AvgIpc) is 3.23. The first-order valence-corrected chi connectivity index (χ1v) is 9.60. The number of benzene rings is 1. The fourth-order valence-corrected chi connectivity index (χ4v) is 3.58. The molecule has 4 heteroatoms. The SMILES string of the molecule is c1ccc(CN(Cc2ccc(-c3cccnc3)cc2)CC2CCCO2)nc1. The van der Waals surface area contributed by atoms with Gasteiger partial charge in [-0.2, -0.15) is 0 Å². The average molecular weight is 359 g/mol. The van der Waals surface area contributed by atoms with Crippen LogP contribution in [0.15, 0.2) is 73.2 Å². The Morgan fingerprint density at radius 2 is 1.85 bits per heavy atom. The van der Waals surface area contributed by atoms with Crippen molar-refractivity contribution in [3.8, 4) is 11.1 Å². The van der Waals surface area contributed by atoms with Crippen LogP contribution in [0.25, 0.3) is 11.1 Å². The monoisotopic (exact) mass is 359 g/mol. The van der Waals surface area contributed by atoms with Crippen LogP contribution < -0.4 is 0 Å². The predicted molar refractivity (Wildman–Crippen MR) is 107 cm³/mol. The van der Waals surface area contributed by atoms with Gasteiger partial charge in [0.2, 0.25) is 0 Å². The highest BCUT2D eigenvalue weighted by molar-refractivity contribution is 5.62. The molecule has 4 rings (SSSR count). The lowest BCUT2D eigenvalue weighted by Gasteiger charge is -2.25. The van der Waals surface area contributed by atoms with E-state index in [-0.39, 0.29) is 0 Å². The van der Waals surface area contributed by atoms with Crippen molar-refractivity contribution in [1.29, 1.82) is 0 Å². The number of ether oxygens (including phenoxy) is 1. The normalized spacial score (nSPS) is 16.7. The quantitative estimate of drug-likeness (QED) is 0.629. The van der Waals surface area contributed by atoms with Crippen molar-refractivity contribution >= 4 is 0 Å². The van der Waals surface area contributed by atoms with Gasteiger partial charge >= 0.3 is 0 Å². The van der Waals surface area contributed by atoms with E-state index in [9.17, 15) is 0 Å². The van der Waals surface area contributed by atoms with Crippen LogP contribution in [0.3, 0.4) is 0 Å². The van der Waals surface area contributed by atoms with E-state index in [2.05, 4.69) is 57.3 Å². The fourth-order valence-electron chi connectivity index (χ4n) is 3.58. The van der Waals surface area contributed by atoms with Crippen LogP contribution in [0.1, 0.15) is 24.1 Å². The van der Waals surface area contributed by atoms with Crippen molar-refractivity contribution < 1.29 is 4.74 Å². The minimum atomic E-state index is 0.336. The number of nitrogens with zero attached hydrogens (tertiary/aromatic N) is 3. The van der Waals surface area contributed by atoms with Crippen molar-refractivity contribution in [2.45, 2.75) is 32.0 Å². The number of rotatable bonds is 7. The molecule has 0 radical (unpaired) electrons. The lowest BCUT2D eigenvalue weighted by molar-refractivity contribution is 0.0675. The Morgan fingerprint density at radius 1 is 0.926 bits per heavy atom. The van der Waals surface area contributed by atoms with E-state index in [1.807, 2.05) is 24.5 Å². The summed E-state index contributed by atoms with van der Waals surface area (Å²) >= 11 is 0. The third-order valence-electron chi connectivity index (χ3n) is 4.95. The molecule has 1 fully saturated rings. The zero-order chi connectivity index (χ0) is 18.3. The zero-order valence-corrected chi connectivity index (χ0v) is 15.5. The summed E-state index contributed by atoms with van der Waals surface area (Å²) in [5.41, 5.74) is 4.75. The summed E-state index contributed by atoms with van der Waals surface area (Å²) in [5, 5.41) is 0. The molecule has 0 spiro atoms. The molecular weight excluding hydrogens is 334 g/mol. The molecule has 3 aromatic rings. The van der Waals surface area contributed by atoms with Gasteiger partial charge in [-0.3, -0.25) is 14.9 Å². The lowest BCUT2D eigenvalue weighted by Crippen LogP contribution is -2.31. The Balaban J connectivity index is 1.46. The molecule has 1 aliphatic rings. The second kappa shape index (κ2) is 8.89. The maximum atomic E-state index is 5.87. The second-order valence-electron chi connectivity index (χ2n) is 7.06. The number of pyridine rings is 2. The third kappa shape index (κ3) is 5.00. The first-order chi connectivity index (χ1) is 13.4. The van der Waals surface area contributed by atoms with Gasteiger partial charge in [-0.1, -0.05) is 36.4 Å². The predicted octanol–water partition coefficient (Wildman–Crippen LogP) is 4.32. The van der Waals surface area contributed by atoms with Crippen LogP contribution in [-0.4, -0.2) is 34.1 Å². The molecule has 0 bridgehead atoms. The standard InChI is InChI=1S/C23H25N3O/c1-2-13-25-22(6-1)17-26(18-23-7-4-14-27-23)16-19-8-10-20(11-9-19)21-5-3-12-24-15-21/h1-3,5-6,8-13,15,23H,4,7,14,16-18H2. The van der Waals surface area contributed by atoms with Gasteiger partial charge in [-0.25, -0.2) is 0 Å². The van der Waals surface area contributed by atoms with Crippen LogP contribution in [0.2, 0.25) is 0 Å². The molecule has 2 aromatic heterocycles. The summed E-state index contributed by atoms with van der Waals surface area (Å²) in [5.74, 6) is 0. The molecule has 1 aliphatic heterocycles. The maximum Gasteiger partial charge on any atom is 0.0703 e. The Bertz CT molecular complexity index is 815. The van der Waals surface area contributed by atoms with E-state index >= 15 is 0 Å². The highest BCUT2D eigenvalue weighted by Gasteiger charge is 2.20. The van der Waals surface area contributed by atoms with Crippen LogP contribution in [-0.2, 0) is 17.8 Å². The maximum absolute atomic E-state index is 5.87. The smallest absolute Gasteiger partial charge is 0.0703 e. The van der Waals surface area contributed by atoms with E-state index in [0.717, 1.165) is 43.9 Å². The Kier molecular flexibility index (Phi) is 5.87. The zero-order valence-electron chi connectivity index (χ0n) is 15.5. The minimum absolute atomic E-state index is 0.336. The summed E-state index contributed by atoms with van der Waals surface area (Å²) in [6.07, 6.45) is 8.23. The molecule has 3 heterocycles. The van der Waals surface area contributed by atoms with Gasteiger partial charge in [0.15, 0.2) is 0 Å². The van der Waals surface area contributed by atoms with Gasteiger partial charge < -0.3 is 4.74 Å². The molecule has 0 aliphatic carbocycles. The molecule has 1 unspecified atom stereocenters. The van der Waals surface area contributed by atoms with Crippen LogP contribution in [0.5, 0.6) is 0 Å². The molecule has 0 N–H and O–H groups in total.